The molecule has 0 radical (unpaired) electrons. The summed E-state index contributed by atoms with van der Waals surface area (Å²) < 4.78 is 0. The minimum absolute atomic E-state index is 1.29. The van der Waals surface area contributed by atoms with Gasteiger partial charge in [0.1, 0.15) is 0 Å². The van der Waals surface area contributed by atoms with E-state index in [2.05, 4.69) is 90.0 Å². The van der Waals surface area contributed by atoms with Crippen molar-refractivity contribution in [3.05, 3.63) is 60.7 Å². The summed E-state index contributed by atoms with van der Waals surface area (Å²) in [6.45, 7) is 4.60. The zero-order chi connectivity index (χ0) is 20.2. The summed E-state index contributed by atoms with van der Waals surface area (Å²) in [7, 11) is 0. The van der Waals surface area contributed by atoms with Crippen LogP contribution in [0.3, 0.4) is 0 Å². The van der Waals surface area contributed by atoms with Crippen molar-refractivity contribution >= 4 is 31.4 Å². The molecular weight excluding hydrogens is 423 g/mol. The third-order valence-corrected chi connectivity index (χ3v) is 16.2. The van der Waals surface area contributed by atoms with Crippen molar-refractivity contribution in [3.8, 4) is 0 Å². The van der Waals surface area contributed by atoms with Crippen LogP contribution < -0.4 is 10.6 Å². The monoisotopic (exact) mass is 462 g/mol. The Kier molecular flexibility index (Phi) is 10.2. The van der Waals surface area contributed by atoms with Crippen molar-refractivity contribution in [1.82, 2.24) is 0 Å². The fourth-order valence-electron chi connectivity index (χ4n) is 4.41. The van der Waals surface area contributed by atoms with Gasteiger partial charge in [-0.15, -0.1) is 0 Å². The molecule has 156 valence electrons. The van der Waals surface area contributed by atoms with Crippen LogP contribution in [0.5, 0.6) is 0 Å². The zero-order valence-corrected chi connectivity index (χ0v) is 20.6. The van der Waals surface area contributed by atoms with E-state index < -0.39 is 5.31 Å². The molecule has 0 fully saturated rings. The van der Waals surface area contributed by atoms with Crippen molar-refractivity contribution in [2.45, 2.75) is 78.1 Å². The Morgan fingerprint density at radius 3 is 1.25 bits per heavy atom. The number of rotatable bonds is 14. The molecule has 0 atom stereocenters. The van der Waals surface area contributed by atoms with Crippen LogP contribution in [-0.4, -0.2) is 12.3 Å². The van der Waals surface area contributed by atoms with E-state index in [1.54, 1.807) is 10.6 Å². The number of benzene rings is 2. The second-order valence-corrected chi connectivity index (χ2v) is 18.1. The molecule has 0 saturated carbocycles. The van der Waals surface area contributed by atoms with Crippen molar-refractivity contribution in [2.75, 3.05) is 12.3 Å². The Morgan fingerprint density at radius 1 is 0.536 bits per heavy atom. The van der Waals surface area contributed by atoms with E-state index in [4.69, 9.17) is 0 Å². The molecule has 0 aliphatic heterocycles. The molecule has 2 aromatic carbocycles. The second kappa shape index (κ2) is 12.1. The van der Waals surface area contributed by atoms with E-state index in [0.717, 1.165) is 0 Å². The van der Waals surface area contributed by atoms with E-state index in [-0.39, 0.29) is 0 Å². The molecule has 2 rings (SSSR count). The molecule has 0 saturated heterocycles. The molecule has 0 unspecified atom stereocenters. The predicted molar refractivity (Wildman–Crippen MR) is 135 cm³/mol. The average Bonchev–Trinajstić information content (AvgIpc) is 2.75. The summed E-state index contributed by atoms with van der Waals surface area (Å²) >= 11 is 4.58. The van der Waals surface area contributed by atoms with Gasteiger partial charge in [0.2, 0.25) is 0 Å². The molecule has 0 nitrogen and oxygen atoms in total. The Balaban J connectivity index is 2.34. The van der Waals surface area contributed by atoms with Crippen LogP contribution in [0.1, 0.15) is 78.1 Å². The van der Waals surface area contributed by atoms with Gasteiger partial charge in [-0.2, -0.15) is 0 Å². The Labute approximate surface area is 182 Å². The summed E-state index contributed by atoms with van der Waals surface area (Å²) in [4.78, 5) is 0. The van der Waals surface area contributed by atoms with Gasteiger partial charge in [-0.1, -0.05) is 0 Å². The predicted octanol–water partition coefficient (Wildman–Crippen LogP) is 8.44. The SMILES string of the molecule is CCCCCCCP(Br)(CCCCCCC)(c1ccccc1)c1ccccc1. The molecule has 0 bridgehead atoms. The van der Waals surface area contributed by atoms with Gasteiger partial charge in [0.05, 0.1) is 0 Å². The second-order valence-electron chi connectivity index (χ2n) is 8.32. The zero-order valence-electron chi connectivity index (χ0n) is 18.1. The van der Waals surface area contributed by atoms with E-state index in [1.165, 1.54) is 76.5 Å². The van der Waals surface area contributed by atoms with E-state index in [9.17, 15) is 0 Å². The van der Waals surface area contributed by atoms with Gasteiger partial charge in [-0.25, -0.2) is 0 Å². The molecule has 28 heavy (non-hydrogen) atoms. The average molecular weight is 463 g/mol. The third-order valence-electron chi connectivity index (χ3n) is 6.15. The van der Waals surface area contributed by atoms with Gasteiger partial charge in [-0.3, -0.25) is 0 Å². The third kappa shape index (κ3) is 6.17. The van der Waals surface area contributed by atoms with Crippen LogP contribution in [0.15, 0.2) is 60.7 Å². The quantitative estimate of drug-likeness (QED) is 0.195. The van der Waals surface area contributed by atoms with Crippen LogP contribution in [0.25, 0.3) is 0 Å². The molecule has 0 N–H and O–H groups in total. The molecule has 0 aliphatic carbocycles. The number of hydrogen-bond donors (Lipinski definition) is 0. The first kappa shape index (κ1) is 23.6. The summed E-state index contributed by atoms with van der Waals surface area (Å²) in [6, 6.07) is 22.8. The molecule has 2 aromatic rings. The van der Waals surface area contributed by atoms with Crippen LogP contribution in [0.4, 0.5) is 0 Å². The first-order chi connectivity index (χ1) is 13.6. The van der Waals surface area contributed by atoms with Crippen LogP contribution in [-0.2, 0) is 0 Å². The van der Waals surface area contributed by atoms with Gasteiger partial charge < -0.3 is 0 Å². The standard InChI is InChI=1S/C26H40BrP/c1-3-5-7-9-17-23-28(27,24-18-10-8-6-4-2,25-19-13-11-14-20-25)26-21-15-12-16-22-26/h11-16,19-22H,3-10,17-18,23-24H2,1-2H3. The van der Waals surface area contributed by atoms with Gasteiger partial charge in [0.25, 0.3) is 0 Å². The Bertz CT molecular complexity index is 595. The fraction of sp³-hybridized carbons (Fsp3) is 0.538. The van der Waals surface area contributed by atoms with Gasteiger partial charge in [0.15, 0.2) is 0 Å². The molecule has 0 aliphatic rings. The van der Waals surface area contributed by atoms with Crippen LogP contribution >= 0.6 is 20.8 Å². The van der Waals surface area contributed by atoms with E-state index in [1.807, 2.05) is 0 Å². The molecule has 0 heterocycles. The van der Waals surface area contributed by atoms with E-state index in [0.29, 0.717) is 0 Å². The molecule has 0 aromatic heterocycles. The van der Waals surface area contributed by atoms with Gasteiger partial charge in [-0.05, 0) is 0 Å². The van der Waals surface area contributed by atoms with Crippen molar-refractivity contribution in [2.24, 2.45) is 0 Å². The molecule has 2 heteroatoms. The van der Waals surface area contributed by atoms with Crippen molar-refractivity contribution in [3.63, 3.8) is 0 Å². The van der Waals surface area contributed by atoms with Crippen molar-refractivity contribution < 1.29 is 0 Å². The molecule has 0 amide bonds. The van der Waals surface area contributed by atoms with Crippen LogP contribution in [0.2, 0.25) is 0 Å². The molecular formula is C26H40BrP. The number of hydrogen-bond acceptors (Lipinski definition) is 0. The fourth-order valence-corrected chi connectivity index (χ4v) is 12.4. The van der Waals surface area contributed by atoms with Gasteiger partial charge in [0, 0.05) is 0 Å². The molecule has 0 spiro atoms. The summed E-state index contributed by atoms with van der Waals surface area (Å²) in [6.07, 6.45) is 16.0. The summed E-state index contributed by atoms with van der Waals surface area (Å²) in [5.41, 5.74) is 0. The minimum atomic E-state index is -2.36. The Hall–Kier alpha value is -0.650. The summed E-state index contributed by atoms with van der Waals surface area (Å²) in [5.74, 6) is 0. The topological polar surface area (TPSA) is 0 Å². The normalized spacial score (nSPS) is 13.2. The maximum absolute atomic E-state index is 4.58. The Morgan fingerprint density at radius 2 is 0.893 bits per heavy atom. The number of unbranched alkanes of at least 4 members (excludes halogenated alkanes) is 8. The maximum atomic E-state index is 4.58. The first-order valence-corrected chi connectivity index (χ1v) is 16.1. The van der Waals surface area contributed by atoms with Gasteiger partial charge >= 0.3 is 182 Å². The number of halogens is 1. The first-order valence-electron chi connectivity index (χ1n) is 11.5. The van der Waals surface area contributed by atoms with Crippen LogP contribution in [0, 0.1) is 0 Å². The summed E-state index contributed by atoms with van der Waals surface area (Å²) in [5, 5.41) is 0.733. The van der Waals surface area contributed by atoms with Crippen molar-refractivity contribution in [1.29, 1.82) is 0 Å². The van der Waals surface area contributed by atoms with E-state index >= 15 is 0 Å².